The molecule has 0 saturated heterocycles. The third-order valence-corrected chi connectivity index (χ3v) is 2.72. The molecule has 1 aromatic rings. The Hall–Kier alpha value is -1.25. The van der Waals surface area contributed by atoms with E-state index in [4.69, 9.17) is 4.74 Å². The van der Waals surface area contributed by atoms with Gasteiger partial charge in [-0.1, -0.05) is 40.0 Å². The van der Waals surface area contributed by atoms with Crippen LogP contribution < -0.4 is 4.57 Å². The first-order valence-electron chi connectivity index (χ1n) is 6.87. The van der Waals surface area contributed by atoms with Crippen molar-refractivity contribution in [1.29, 1.82) is 0 Å². The molecule has 0 bridgehead atoms. The van der Waals surface area contributed by atoms with Crippen LogP contribution in [0.4, 0.5) is 0 Å². The molecule has 1 heterocycles. The average molecular weight is 253 g/mol. The number of rotatable bonds is 5. The van der Waals surface area contributed by atoms with Gasteiger partial charge >= 0.3 is 5.82 Å². The third-order valence-electron chi connectivity index (χ3n) is 2.72. The van der Waals surface area contributed by atoms with Crippen molar-refractivity contribution in [3.63, 3.8) is 0 Å². The lowest BCUT2D eigenvalue weighted by Crippen LogP contribution is -2.31. The molecule has 0 N–H and O–H groups in total. The van der Waals surface area contributed by atoms with E-state index in [9.17, 15) is 0 Å². The number of methoxy groups -OCH3 is 1. The predicted octanol–water partition coefficient (Wildman–Crippen LogP) is 3.44. The van der Waals surface area contributed by atoms with Crippen molar-refractivity contribution in [2.75, 3.05) is 7.11 Å². The van der Waals surface area contributed by atoms with Crippen LogP contribution in [0.25, 0.3) is 5.76 Å². The Labute approximate surface area is 112 Å². The largest absolute Gasteiger partial charge is 0.489 e. The van der Waals surface area contributed by atoms with Crippen LogP contribution in [0.1, 0.15) is 52.3 Å². The highest BCUT2D eigenvalue weighted by atomic mass is 16.5. The monoisotopic (exact) mass is 253 g/mol. The number of ether oxygens (including phenoxy) is 1. The minimum absolute atomic E-state index is 0.928. The molecular formula is C15H29N2O+. The molecule has 1 aromatic heterocycles. The maximum atomic E-state index is 5.32. The number of nitrogens with zero attached hydrogens (tertiary/aromatic N) is 2. The van der Waals surface area contributed by atoms with E-state index in [1.807, 2.05) is 35.6 Å². The van der Waals surface area contributed by atoms with Gasteiger partial charge in [-0.3, -0.25) is 0 Å². The fourth-order valence-corrected chi connectivity index (χ4v) is 1.74. The third kappa shape index (κ3) is 5.39. The number of allylic oxidation sites excluding steroid dienone is 1. The lowest BCUT2D eigenvalue weighted by Gasteiger charge is -2.02. The number of imidazole rings is 1. The van der Waals surface area contributed by atoms with Gasteiger partial charge in [0.1, 0.15) is 12.4 Å². The maximum absolute atomic E-state index is 5.32. The molecule has 0 fully saturated rings. The molecule has 0 atom stereocenters. The summed E-state index contributed by atoms with van der Waals surface area (Å²) < 4.78 is 9.41. The van der Waals surface area contributed by atoms with Crippen LogP contribution >= 0.6 is 0 Å². The van der Waals surface area contributed by atoms with Crippen molar-refractivity contribution in [3.05, 3.63) is 24.3 Å². The normalized spacial score (nSPS) is 10.9. The first-order chi connectivity index (χ1) is 8.62. The molecule has 3 heteroatoms. The van der Waals surface area contributed by atoms with Crippen LogP contribution in [-0.4, -0.2) is 11.7 Å². The molecule has 18 heavy (non-hydrogen) atoms. The topological polar surface area (TPSA) is 18.0 Å². The quantitative estimate of drug-likeness (QED) is 0.580. The fraction of sp³-hybridized carbons (Fsp3) is 0.667. The molecule has 0 aromatic carbocycles. The summed E-state index contributed by atoms with van der Waals surface area (Å²) in [6.07, 6.45) is 11.2. The second-order valence-corrected chi connectivity index (χ2v) is 4.38. The second kappa shape index (κ2) is 9.75. The smallest absolute Gasteiger partial charge is 0.323 e. The molecule has 1 rings (SSSR count). The first kappa shape index (κ1) is 16.8. The Bertz CT molecular complexity index is 332. The lowest BCUT2D eigenvalue weighted by atomic mass is 10.3. The standard InChI is InChI=1S/C10H17N2O.C5H12/c1-5-6-9(13-4)10-11(2)7-8-12(10)3;1-3-5-4-2/h6-8H,5H2,1-4H3;3-5H2,1-2H3/q+1;/b9-6+;. The van der Waals surface area contributed by atoms with E-state index in [1.54, 1.807) is 7.11 Å². The number of unbranched alkanes of at least 4 members (excludes halogenated alkanes) is 2. The van der Waals surface area contributed by atoms with Gasteiger partial charge in [0.05, 0.1) is 21.2 Å². The summed E-state index contributed by atoms with van der Waals surface area (Å²) in [4.78, 5) is 0. The van der Waals surface area contributed by atoms with Crippen LogP contribution in [0.5, 0.6) is 0 Å². The van der Waals surface area contributed by atoms with Crippen LogP contribution in [0.15, 0.2) is 18.5 Å². The van der Waals surface area contributed by atoms with Crippen LogP contribution in [0, 0.1) is 0 Å². The molecule has 0 aliphatic rings. The Kier molecular flexibility index (Phi) is 9.07. The van der Waals surface area contributed by atoms with E-state index in [2.05, 4.69) is 26.8 Å². The summed E-state index contributed by atoms with van der Waals surface area (Å²) >= 11 is 0. The molecule has 104 valence electrons. The first-order valence-corrected chi connectivity index (χ1v) is 6.87. The number of aryl methyl sites for hydroxylation is 2. The van der Waals surface area contributed by atoms with Crippen molar-refractivity contribution in [2.24, 2.45) is 14.1 Å². The molecule has 0 aliphatic heterocycles. The van der Waals surface area contributed by atoms with E-state index in [0.717, 1.165) is 18.0 Å². The summed E-state index contributed by atoms with van der Waals surface area (Å²) in [7, 11) is 5.73. The van der Waals surface area contributed by atoms with Crippen LogP contribution in [0.2, 0.25) is 0 Å². The number of hydrogen-bond donors (Lipinski definition) is 0. The van der Waals surface area contributed by atoms with Crippen molar-refractivity contribution in [2.45, 2.75) is 46.5 Å². The minimum Gasteiger partial charge on any atom is -0.489 e. The number of aromatic nitrogens is 2. The van der Waals surface area contributed by atoms with Crippen LogP contribution in [0.3, 0.4) is 0 Å². The Morgan fingerprint density at radius 2 is 1.94 bits per heavy atom. The fourth-order valence-electron chi connectivity index (χ4n) is 1.74. The van der Waals surface area contributed by atoms with Crippen molar-refractivity contribution < 1.29 is 9.30 Å². The second-order valence-electron chi connectivity index (χ2n) is 4.38. The maximum Gasteiger partial charge on any atom is 0.323 e. The van der Waals surface area contributed by atoms with Gasteiger partial charge in [0.15, 0.2) is 0 Å². The van der Waals surface area contributed by atoms with E-state index < -0.39 is 0 Å². The molecule has 3 nitrogen and oxygen atoms in total. The molecule has 0 saturated carbocycles. The predicted molar refractivity (Wildman–Crippen MR) is 77.1 cm³/mol. The van der Waals surface area contributed by atoms with Crippen molar-refractivity contribution >= 4 is 5.76 Å². The molecule has 0 aliphatic carbocycles. The van der Waals surface area contributed by atoms with Gasteiger partial charge in [0.2, 0.25) is 5.76 Å². The Morgan fingerprint density at radius 3 is 2.22 bits per heavy atom. The Morgan fingerprint density at radius 1 is 1.33 bits per heavy atom. The summed E-state index contributed by atoms with van der Waals surface area (Å²) in [5, 5.41) is 0. The highest BCUT2D eigenvalue weighted by molar-refractivity contribution is 5.50. The zero-order chi connectivity index (χ0) is 14.0. The van der Waals surface area contributed by atoms with Gasteiger partial charge in [-0.15, -0.1) is 0 Å². The van der Waals surface area contributed by atoms with Gasteiger partial charge in [-0.05, 0) is 12.5 Å². The summed E-state index contributed by atoms with van der Waals surface area (Å²) in [6.45, 7) is 6.52. The molecular weight excluding hydrogens is 224 g/mol. The van der Waals surface area contributed by atoms with Gasteiger partial charge < -0.3 is 4.74 Å². The summed E-state index contributed by atoms with van der Waals surface area (Å²) in [5.41, 5.74) is 0. The minimum atomic E-state index is 0.928. The van der Waals surface area contributed by atoms with Crippen LogP contribution in [-0.2, 0) is 18.8 Å². The molecule has 0 unspecified atom stereocenters. The highest BCUT2D eigenvalue weighted by Crippen LogP contribution is 2.10. The average Bonchev–Trinajstić information content (AvgIpc) is 2.68. The van der Waals surface area contributed by atoms with Crippen molar-refractivity contribution in [3.8, 4) is 0 Å². The SMILES string of the molecule is CC/C=C(/OC)c1n(C)cc[n+]1C.CCCCC. The molecule has 0 spiro atoms. The zero-order valence-electron chi connectivity index (χ0n) is 12.9. The zero-order valence-corrected chi connectivity index (χ0v) is 12.9. The molecule has 0 amide bonds. The van der Waals surface area contributed by atoms with Gasteiger partial charge in [0.25, 0.3) is 0 Å². The summed E-state index contributed by atoms with van der Waals surface area (Å²) in [5.74, 6) is 2.02. The lowest BCUT2D eigenvalue weighted by molar-refractivity contribution is -0.674. The van der Waals surface area contributed by atoms with E-state index in [0.29, 0.717) is 0 Å². The summed E-state index contributed by atoms with van der Waals surface area (Å²) in [6, 6.07) is 0. The molecule has 0 radical (unpaired) electrons. The van der Waals surface area contributed by atoms with E-state index >= 15 is 0 Å². The van der Waals surface area contributed by atoms with E-state index in [1.165, 1.54) is 19.3 Å². The van der Waals surface area contributed by atoms with E-state index in [-0.39, 0.29) is 0 Å². The Balaban J connectivity index is 0.000000494. The van der Waals surface area contributed by atoms with Gasteiger partial charge in [-0.25, -0.2) is 9.13 Å². The highest BCUT2D eigenvalue weighted by Gasteiger charge is 2.16. The van der Waals surface area contributed by atoms with Crippen molar-refractivity contribution in [1.82, 2.24) is 4.57 Å². The van der Waals surface area contributed by atoms with Gasteiger partial charge in [-0.2, -0.15) is 0 Å². The number of hydrogen-bond acceptors (Lipinski definition) is 1. The van der Waals surface area contributed by atoms with Gasteiger partial charge in [0, 0.05) is 0 Å².